The van der Waals surface area contributed by atoms with Gasteiger partial charge in [-0.1, -0.05) is 0 Å². The van der Waals surface area contributed by atoms with E-state index < -0.39 is 22.9 Å². The molecule has 4 heterocycles. The molecule has 4 aromatic rings. The summed E-state index contributed by atoms with van der Waals surface area (Å²) in [5.74, 6) is -1.03. The summed E-state index contributed by atoms with van der Waals surface area (Å²) in [6.45, 7) is 18.8. The highest BCUT2D eigenvalue weighted by atomic mass is 16.1. The number of carbonyl (C=O) groups excluding carboxylic acids is 2. The van der Waals surface area contributed by atoms with Crippen LogP contribution in [-0.2, 0) is 0 Å². The van der Waals surface area contributed by atoms with E-state index in [1.165, 1.54) is 12.4 Å². The smallest absolute Gasteiger partial charge is 0.252 e. The minimum Gasteiger partial charge on any atom is -0.372 e. The van der Waals surface area contributed by atoms with Crippen LogP contribution < -0.4 is 22.1 Å². The Bertz CT molecular complexity index is 1620. The Morgan fingerprint density at radius 1 is 0.833 bits per heavy atom. The van der Waals surface area contributed by atoms with E-state index in [2.05, 4.69) is 30.5 Å². The number of fused-ring (bicyclic) bond motifs is 2. The second-order valence-electron chi connectivity index (χ2n) is 11.4. The molecular weight excluding hydrogens is 532 g/mol. The van der Waals surface area contributed by atoms with E-state index in [4.69, 9.17) is 24.6 Å². The number of nitrogens with zero attached hydrogens (tertiary/aromatic N) is 6. The second kappa shape index (κ2) is 11.1. The standard InChI is InChI=1S/2C15H17N5O/c2*1-15(17-2)7-3-6-12(15)19-13-10(14(16)21)9-18-20-8-4-5-11(13)20/h2*4-5,8-9,12,19H,3,6-7H2,1H3,(H2,16,21)/t12-,15+;12-,15-/m11/s1. The lowest BCUT2D eigenvalue weighted by Gasteiger charge is -2.23. The molecule has 0 saturated heterocycles. The van der Waals surface area contributed by atoms with Gasteiger partial charge in [0.1, 0.15) is 12.1 Å². The normalized spacial score (nSPS) is 24.9. The van der Waals surface area contributed by atoms with Crippen molar-refractivity contribution in [1.82, 2.24) is 19.2 Å². The van der Waals surface area contributed by atoms with Crippen molar-refractivity contribution in [3.63, 3.8) is 0 Å². The van der Waals surface area contributed by atoms with E-state index in [-0.39, 0.29) is 12.1 Å². The highest BCUT2D eigenvalue weighted by Crippen LogP contribution is 2.38. The van der Waals surface area contributed by atoms with Gasteiger partial charge in [-0.3, -0.25) is 9.59 Å². The van der Waals surface area contributed by atoms with Gasteiger partial charge < -0.3 is 31.8 Å². The largest absolute Gasteiger partial charge is 0.372 e. The Kier molecular flexibility index (Phi) is 7.48. The van der Waals surface area contributed by atoms with Gasteiger partial charge in [0.05, 0.1) is 45.9 Å². The van der Waals surface area contributed by atoms with Crippen LogP contribution in [0.4, 0.5) is 11.4 Å². The Hall–Kier alpha value is -5.10. The van der Waals surface area contributed by atoms with Gasteiger partial charge in [-0.15, -0.1) is 0 Å². The predicted molar refractivity (Wildman–Crippen MR) is 160 cm³/mol. The molecule has 0 aromatic carbocycles. The average molecular weight is 567 g/mol. The molecular formula is C30H34N10O2. The fourth-order valence-corrected chi connectivity index (χ4v) is 6.03. The van der Waals surface area contributed by atoms with E-state index in [1.54, 1.807) is 9.03 Å². The topological polar surface area (TPSA) is 154 Å². The van der Waals surface area contributed by atoms with Crippen molar-refractivity contribution in [2.24, 2.45) is 11.5 Å². The first-order valence-electron chi connectivity index (χ1n) is 13.9. The van der Waals surface area contributed by atoms with Crippen molar-refractivity contribution in [3.05, 3.63) is 83.0 Å². The number of hydrogen-bond donors (Lipinski definition) is 4. The summed E-state index contributed by atoms with van der Waals surface area (Å²) in [6.07, 6.45) is 12.1. The highest BCUT2D eigenvalue weighted by molar-refractivity contribution is 6.02. The Morgan fingerprint density at radius 2 is 1.24 bits per heavy atom. The maximum Gasteiger partial charge on any atom is 0.252 e. The fraction of sp³-hybridized carbons (Fsp3) is 0.400. The van der Waals surface area contributed by atoms with E-state index in [0.29, 0.717) is 22.5 Å². The molecule has 2 fully saturated rings. The summed E-state index contributed by atoms with van der Waals surface area (Å²) in [6, 6.07) is 7.50. The van der Waals surface area contributed by atoms with Gasteiger partial charge in [-0.25, -0.2) is 22.2 Å². The molecule has 42 heavy (non-hydrogen) atoms. The fourth-order valence-electron chi connectivity index (χ4n) is 6.03. The lowest BCUT2D eigenvalue weighted by molar-refractivity contribution is 0.0992. The SMILES string of the molecule is [C-]#[N+][C@@]1(C)CCC[C@H]1Nc1c(C(N)=O)cnn2cccc12.[C-]#[N+][C@]1(C)CCC[C@H]1Nc1c(C(N)=O)cnn2cccc12. The lowest BCUT2D eigenvalue weighted by Crippen LogP contribution is -2.37. The third-order valence-corrected chi connectivity index (χ3v) is 8.66. The zero-order valence-electron chi connectivity index (χ0n) is 23.7. The Morgan fingerprint density at radius 3 is 1.60 bits per heavy atom. The molecule has 0 radical (unpaired) electrons. The van der Waals surface area contributed by atoms with Gasteiger partial charge >= 0.3 is 0 Å². The maximum atomic E-state index is 11.7. The van der Waals surface area contributed by atoms with Gasteiger partial charge in [0.25, 0.3) is 11.8 Å². The van der Waals surface area contributed by atoms with Crippen molar-refractivity contribution in [2.45, 2.75) is 75.5 Å². The minimum absolute atomic E-state index is 0.00852. The van der Waals surface area contributed by atoms with Gasteiger partial charge in [-0.05, 0) is 49.9 Å². The predicted octanol–water partition coefficient (Wildman–Crippen LogP) is 4.15. The lowest BCUT2D eigenvalue weighted by atomic mass is 9.96. The number of primary amides is 2. The van der Waals surface area contributed by atoms with E-state index in [9.17, 15) is 9.59 Å². The molecule has 12 nitrogen and oxygen atoms in total. The Balaban J connectivity index is 0.000000168. The molecule has 4 aromatic heterocycles. The summed E-state index contributed by atoms with van der Waals surface area (Å²) in [5, 5.41) is 15.1. The van der Waals surface area contributed by atoms with Crippen molar-refractivity contribution in [2.75, 3.05) is 10.6 Å². The molecule has 0 aliphatic heterocycles. The van der Waals surface area contributed by atoms with Crippen molar-refractivity contribution >= 4 is 34.2 Å². The van der Waals surface area contributed by atoms with Crippen LogP contribution in [0.15, 0.2) is 49.1 Å². The summed E-state index contributed by atoms with van der Waals surface area (Å²) in [5.41, 5.74) is 13.7. The number of nitrogens with two attached hydrogens (primary N) is 2. The van der Waals surface area contributed by atoms with Crippen molar-refractivity contribution in [1.29, 1.82) is 0 Å². The van der Waals surface area contributed by atoms with Crippen LogP contribution in [-0.4, -0.2) is 54.2 Å². The van der Waals surface area contributed by atoms with Gasteiger partial charge in [0.2, 0.25) is 11.1 Å². The third kappa shape index (κ3) is 5.07. The summed E-state index contributed by atoms with van der Waals surface area (Å²) in [7, 11) is 0. The molecule has 6 N–H and O–H groups in total. The number of aromatic nitrogens is 4. The molecule has 2 amide bonds. The summed E-state index contributed by atoms with van der Waals surface area (Å²) in [4.78, 5) is 30.9. The van der Waals surface area contributed by atoms with Gasteiger partial charge in [0.15, 0.2) is 0 Å². The van der Waals surface area contributed by atoms with Crippen molar-refractivity contribution in [3.8, 4) is 0 Å². The van der Waals surface area contributed by atoms with Crippen LogP contribution in [0, 0.1) is 13.1 Å². The molecule has 2 saturated carbocycles. The van der Waals surface area contributed by atoms with Crippen molar-refractivity contribution < 1.29 is 9.59 Å². The van der Waals surface area contributed by atoms with Crippen LogP contribution in [0.25, 0.3) is 20.7 Å². The average Bonchev–Trinajstić information content (AvgIpc) is 3.77. The number of carbonyl (C=O) groups is 2. The van der Waals surface area contributed by atoms with Gasteiger partial charge in [0, 0.05) is 39.1 Å². The molecule has 0 bridgehead atoms. The van der Waals surface area contributed by atoms with E-state index in [0.717, 1.165) is 49.6 Å². The highest BCUT2D eigenvalue weighted by Gasteiger charge is 2.46. The molecule has 6 rings (SSSR count). The summed E-state index contributed by atoms with van der Waals surface area (Å²) >= 11 is 0. The van der Waals surface area contributed by atoms with E-state index in [1.807, 2.05) is 50.5 Å². The zero-order chi connectivity index (χ0) is 30.1. The molecule has 2 aliphatic rings. The number of nitrogens with one attached hydrogen (secondary N) is 2. The number of amides is 2. The summed E-state index contributed by atoms with van der Waals surface area (Å²) < 4.78 is 3.39. The molecule has 2 aliphatic carbocycles. The van der Waals surface area contributed by atoms with Crippen LogP contribution in [0.2, 0.25) is 0 Å². The zero-order valence-corrected chi connectivity index (χ0v) is 23.7. The molecule has 0 spiro atoms. The molecule has 12 heteroatoms. The van der Waals surface area contributed by atoms with Crippen LogP contribution in [0.1, 0.15) is 73.1 Å². The first-order valence-corrected chi connectivity index (χ1v) is 13.9. The van der Waals surface area contributed by atoms with E-state index >= 15 is 0 Å². The maximum absolute atomic E-state index is 11.7. The van der Waals surface area contributed by atoms with Crippen LogP contribution in [0.3, 0.4) is 0 Å². The number of hydrogen-bond acceptors (Lipinski definition) is 6. The molecule has 4 atom stereocenters. The molecule has 0 unspecified atom stereocenters. The first-order chi connectivity index (χ1) is 20.1. The van der Waals surface area contributed by atoms with Crippen LogP contribution in [0.5, 0.6) is 0 Å². The monoisotopic (exact) mass is 566 g/mol. The molecule has 216 valence electrons. The second-order valence-corrected chi connectivity index (χ2v) is 11.4. The minimum atomic E-state index is -0.517. The quantitative estimate of drug-likeness (QED) is 0.257. The third-order valence-electron chi connectivity index (χ3n) is 8.66. The Labute approximate surface area is 243 Å². The number of rotatable bonds is 6. The first kappa shape index (κ1) is 28.4. The number of anilines is 2. The van der Waals surface area contributed by atoms with Crippen LogP contribution >= 0.6 is 0 Å². The van der Waals surface area contributed by atoms with Gasteiger partial charge in [-0.2, -0.15) is 10.2 Å².